The average molecular weight is 267 g/mol. The van der Waals surface area contributed by atoms with Gasteiger partial charge in [0, 0.05) is 18.1 Å². The highest BCUT2D eigenvalue weighted by Crippen LogP contribution is 2.15. The summed E-state index contributed by atoms with van der Waals surface area (Å²) in [7, 11) is -2.99. The molecule has 0 fully saturated rings. The zero-order valence-corrected chi connectivity index (χ0v) is 11.1. The number of aromatic nitrogens is 1. The molecule has 2 aromatic rings. The maximum Gasteiger partial charge on any atom is 0.153 e. The van der Waals surface area contributed by atoms with Crippen molar-refractivity contribution in [2.75, 3.05) is 6.26 Å². The topological polar surface area (TPSA) is 47.0 Å². The second-order valence-corrected chi connectivity index (χ2v) is 7.05. The predicted molar refractivity (Wildman–Crippen MR) is 69.9 cm³/mol. The zero-order chi connectivity index (χ0) is 12.3. The smallest absolute Gasteiger partial charge is 0.153 e. The average Bonchev–Trinajstić information content (AvgIpc) is 2.64. The van der Waals surface area contributed by atoms with Gasteiger partial charge in [-0.05, 0) is 5.56 Å². The SMILES string of the molecule is CS(=O)(=O)Cc1nc(Cc2ccccc2)cs1. The van der Waals surface area contributed by atoms with Gasteiger partial charge < -0.3 is 0 Å². The van der Waals surface area contributed by atoms with Crippen molar-refractivity contribution < 1.29 is 8.42 Å². The van der Waals surface area contributed by atoms with E-state index in [1.54, 1.807) is 0 Å². The Morgan fingerprint density at radius 1 is 1.24 bits per heavy atom. The van der Waals surface area contributed by atoms with Gasteiger partial charge in [0.1, 0.15) is 10.8 Å². The van der Waals surface area contributed by atoms with Crippen LogP contribution in [0.5, 0.6) is 0 Å². The van der Waals surface area contributed by atoms with Crippen molar-refractivity contribution >= 4 is 21.2 Å². The van der Waals surface area contributed by atoms with Crippen LogP contribution in [0.4, 0.5) is 0 Å². The lowest BCUT2D eigenvalue weighted by Crippen LogP contribution is -2.00. The van der Waals surface area contributed by atoms with Crippen molar-refractivity contribution in [3.8, 4) is 0 Å². The minimum Gasteiger partial charge on any atom is -0.245 e. The summed E-state index contributed by atoms with van der Waals surface area (Å²) in [6.07, 6.45) is 1.98. The van der Waals surface area contributed by atoms with E-state index in [0.29, 0.717) is 5.01 Å². The van der Waals surface area contributed by atoms with Crippen LogP contribution >= 0.6 is 11.3 Å². The summed E-state index contributed by atoms with van der Waals surface area (Å²) in [5.74, 6) is 0.0342. The lowest BCUT2D eigenvalue weighted by atomic mass is 10.1. The van der Waals surface area contributed by atoms with Crippen molar-refractivity contribution in [1.29, 1.82) is 0 Å². The molecular formula is C12H13NO2S2. The largest absolute Gasteiger partial charge is 0.245 e. The van der Waals surface area contributed by atoms with E-state index in [2.05, 4.69) is 4.98 Å². The fraction of sp³-hybridized carbons (Fsp3) is 0.250. The Bertz CT molecular complexity index is 588. The molecule has 0 amide bonds. The van der Waals surface area contributed by atoms with Crippen molar-refractivity contribution in [3.05, 3.63) is 52.0 Å². The summed E-state index contributed by atoms with van der Waals surface area (Å²) in [5.41, 5.74) is 2.11. The van der Waals surface area contributed by atoms with E-state index in [0.717, 1.165) is 12.1 Å². The lowest BCUT2D eigenvalue weighted by molar-refractivity contribution is 0.601. The number of benzene rings is 1. The maximum atomic E-state index is 11.1. The van der Waals surface area contributed by atoms with Gasteiger partial charge in [0.05, 0.1) is 5.69 Å². The molecule has 0 saturated heterocycles. The molecule has 17 heavy (non-hydrogen) atoms. The Hall–Kier alpha value is -1.20. The first-order valence-electron chi connectivity index (χ1n) is 5.18. The molecule has 1 aromatic carbocycles. The number of hydrogen-bond donors (Lipinski definition) is 0. The molecule has 0 bridgehead atoms. The van der Waals surface area contributed by atoms with Gasteiger partial charge in [-0.15, -0.1) is 11.3 Å². The Morgan fingerprint density at radius 3 is 2.59 bits per heavy atom. The van der Waals surface area contributed by atoms with Crippen LogP contribution in [0.2, 0.25) is 0 Å². The molecule has 0 aliphatic heterocycles. The van der Waals surface area contributed by atoms with Crippen LogP contribution in [0.1, 0.15) is 16.3 Å². The van der Waals surface area contributed by atoms with Crippen molar-refractivity contribution in [2.45, 2.75) is 12.2 Å². The van der Waals surface area contributed by atoms with Gasteiger partial charge >= 0.3 is 0 Å². The molecule has 1 aromatic heterocycles. The van der Waals surface area contributed by atoms with Crippen LogP contribution in [0.25, 0.3) is 0 Å². The predicted octanol–water partition coefficient (Wildman–Crippen LogP) is 2.28. The van der Waals surface area contributed by atoms with Gasteiger partial charge in [-0.1, -0.05) is 30.3 Å². The first kappa shape index (κ1) is 12.3. The fourth-order valence-corrected chi connectivity index (χ4v) is 3.53. The zero-order valence-electron chi connectivity index (χ0n) is 9.46. The van der Waals surface area contributed by atoms with E-state index in [-0.39, 0.29) is 5.75 Å². The minimum atomic E-state index is -2.99. The second-order valence-electron chi connectivity index (χ2n) is 3.97. The molecule has 0 radical (unpaired) electrons. The quantitative estimate of drug-likeness (QED) is 0.854. The van der Waals surface area contributed by atoms with Crippen LogP contribution in [0.15, 0.2) is 35.7 Å². The van der Waals surface area contributed by atoms with E-state index < -0.39 is 9.84 Å². The fourth-order valence-electron chi connectivity index (χ4n) is 1.53. The molecule has 0 spiro atoms. The molecule has 0 saturated carbocycles. The number of rotatable bonds is 4. The Kier molecular flexibility index (Phi) is 3.59. The third kappa shape index (κ3) is 3.94. The summed E-state index contributed by atoms with van der Waals surface area (Å²) in [5, 5.41) is 2.59. The van der Waals surface area contributed by atoms with Crippen LogP contribution in [0, 0.1) is 0 Å². The molecule has 0 N–H and O–H groups in total. The molecule has 0 aliphatic carbocycles. The monoisotopic (exact) mass is 267 g/mol. The molecule has 0 aliphatic rings. The van der Waals surface area contributed by atoms with E-state index in [1.165, 1.54) is 23.2 Å². The number of thiazole rings is 1. The molecule has 5 heteroatoms. The summed E-state index contributed by atoms with van der Waals surface area (Å²) in [6, 6.07) is 10.0. The van der Waals surface area contributed by atoms with Gasteiger partial charge in [-0.2, -0.15) is 0 Å². The van der Waals surface area contributed by atoms with Crippen molar-refractivity contribution in [1.82, 2.24) is 4.98 Å². The van der Waals surface area contributed by atoms with E-state index in [9.17, 15) is 8.42 Å². The molecule has 2 rings (SSSR count). The highest BCUT2D eigenvalue weighted by Gasteiger charge is 2.09. The molecule has 1 heterocycles. The number of hydrogen-bond acceptors (Lipinski definition) is 4. The van der Waals surface area contributed by atoms with Crippen LogP contribution < -0.4 is 0 Å². The van der Waals surface area contributed by atoms with Gasteiger partial charge in [0.25, 0.3) is 0 Å². The second kappa shape index (κ2) is 4.98. The summed E-state index contributed by atoms with van der Waals surface area (Å²) in [6.45, 7) is 0. The molecule has 0 unspecified atom stereocenters. The van der Waals surface area contributed by atoms with Gasteiger partial charge in [0.2, 0.25) is 0 Å². The van der Waals surface area contributed by atoms with Gasteiger partial charge in [-0.3, -0.25) is 0 Å². The number of nitrogens with zero attached hydrogens (tertiary/aromatic N) is 1. The van der Waals surface area contributed by atoms with Crippen molar-refractivity contribution in [2.24, 2.45) is 0 Å². The Balaban J connectivity index is 2.09. The van der Waals surface area contributed by atoms with E-state index in [1.807, 2.05) is 35.7 Å². The third-order valence-electron chi connectivity index (χ3n) is 2.21. The van der Waals surface area contributed by atoms with E-state index in [4.69, 9.17) is 0 Å². The molecule has 0 atom stereocenters. The summed E-state index contributed by atoms with van der Waals surface area (Å²) in [4.78, 5) is 4.33. The first-order valence-corrected chi connectivity index (χ1v) is 8.12. The van der Waals surface area contributed by atoms with E-state index >= 15 is 0 Å². The van der Waals surface area contributed by atoms with Crippen LogP contribution in [0.3, 0.4) is 0 Å². The lowest BCUT2D eigenvalue weighted by Gasteiger charge is -1.96. The standard InChI is InChI=1S/C12H13NO2S2/c1-17(14,15)9-12-13-11(8-16-12)7-10-5-3-2-4-6-10/h2-6,8H,7,9H2,1H3. The highest BCUT2D eigenvalue weighted by molar-refractivity contribution is 7.90. The van der Waals surface area contributed by atoms with Crippen molar-refractivity contribution in [3.63, 3.8) is 0 Å². The molecule has 3 nitrogen and oxygen atoms in total. The van der Waals surface area contributed by atoms with Crippen LogP contribution in [-0.2, 0) is 22.0 Å². The van der Waals surface area contributed by atoms with Crippen LogP contribution in [-0.4, -0.2) is 19.7 Å². The third-order valence-corrected chi connectivity index (χ3v) is 4.09. The van der Waals surface area contributed by atoms with Gasteiger partial charge in [0.15, 0.2) is 9.84 Å². The summed E-state index contributed by atoms with van der Waals surface area (Å²) < 4.78 is 22.3. The maximum absolute atomic E-state index is 11.1. The number of sulfone groups is 1. The minimum absolute atomic E-state index is 0.0342. The first-order chi connectivity index (χ1) is 8.03. The normalized spacial score (nSPS) is 11.6. The summed E-state index contributed by atoms with van der Waals surface area (Å²) >= 11 is 1.41. The Labute approximate surface area is 105 Å². The Morgan fingerprint density at radius 2 is 1.94 bits per heavy atom. The van der Waals surface area contributed by atoms with Gasteiger partial charge in [-0.25, -0.2) is 13.4 Å². The highest BCUT2D eigenvalue weighted by atomic mass is 32.2. The molecule has 90 valence electrons. The molecular weight excluding hydrogens is 254 g/mol.